The van der Waals surface area contributed by atoms with E-state index in [1.54, 1.807) is 6.07 Å². The minimum atomic E-state index is -0.427. The maximum atomic E-state index is 13.3. The molecule has 0 saturated carbocycles. The van der Waals surface area contributed by atoms with Crippen LogP contribution < -0.4 is 5.32 Å². The number of halogens is 2. The summed E-state index contributed by atoms with van der Waals surface area (Å²) in [5.74, 6) is 0.444. The predicted molar refractivity (Wildman–Crippen MR) is 72.9 cm³/mol. The first-order chi connectivity index (χ1) is 9.63. The van der Waals surface area contributed by atoms with Crippen molar-refractivity contribution in [1.29, 1.82) is 0 Å². The van der Waals surface area contributed by atoms with Gasteiger partial charge in [-0.1, -0.05) is 16.8 Å². The minimum absolute atomic E-state index is 0.0604. The molecule has 0 spiro atoms. The Labute approximate surface area is 120 Å². The van der Waals surface area contributed by atoms with Gasteiger partial charge in [-0.15, -0.1) is 0 Å². The Kier molecular flexibility index (Phi) is 3.69. The van der Waals surface area contributed by atoms with E-state index in [-0.39, 0.29) is 11.9 Å². The second kappa shape index (κ2) is 5.47. The highest BCUT2D eigenvalue weighted by molar-refractivity contribution is 6.30. The number of benzene rings is 1. The number of aromatic nitrogens is 2. The van der Waals surface area contributed by atoms with Crippen molar-refractivity contribution < 1.29 is 8.91 Å². The first kappa shape index (κ1) is 13.5. The number of hydrogen-bond acceptors (Lipinski definition) is 5. The van der Waals surface area contributed by atoms with Gasteiger partial charge in [-0.25, -0.2) is 4.39 Å². The maximum absolute atomic E-state index is 13.3. The lowest BCUT2D eigenvalue weighted by atomic mass is 10.2. The largest absolute Gasteiger partial charge is 0.334 e. The van der Waals surface area contributed by atoms with E-state index in [2.05, 4.69) is 20.4 Å². The highest BCUT2D eigenvalue weighted by atomic mass is 35.5. The summed E-state index contributed by atoms with van der Waals surface area (Å²) in [6, 6.07) is 4.23. The summed E-state index contributed by atoms with van der Waals surface area (Å²) in [7, 11) is 2.01. The van der Waals surface area contributed by atoms with E-state index in [0.29, 0.717) is 16.4 Å². The molecule has 1 fully saturated rings. The molecule has 1 aromatic carbocycles. The Bertz CT molecular complexity index is 598. The lowest BCUT2D eigenvalue weighted by Gasteiger charge is -2.30. The topological polar surface area (TPSA) is 54.2 Å². The molecule has 2 aromatic rings. The van der Waals surface area contributed by atoms with E-state index in [1.807, 2.05) is 7.05 Å². The van der Waals surface area contributed by atoms with E-state index in [9.17, 15) is 4.39 Å². The van der Waals surface area contributed by atoms with E-state index in [4.69, 9.17) is 16.1 Å². The smallest absolute Gasteiger partial charge is 0.258 e. The molecule has 0 radical (unpaired) electrons. The first-order valence-electron chi connectivity index (χ1n) is 6.34. The van der Waals surface area contributed by atoms with Crippen molar-refractivity contribution in [3.8, 4) is 11.5 Å². The van der Waals surface area contributed by atoms with Crippen molar-refractivity contribution in [2.45, 2.75) is 6.04 Å². The highest BCUT2D eigenvalue weighted by Gasteiger charge is 2.25. The van der Waals surface area contributed by atoms with Crippen LogP contribution in [0.15, 0.2) is 22.7 Å². The van der Waals surface area contributed by atoms with Crippen LogP contribution in [0.5, 0.6) is 0 Å². The number of likely N-dealkylation sites (N-methyl/N-ethyl adjacent to an activating group) is 1. The SMILES string of the molecule is CN1CCNCC1c1noc(-c2cc(F)cc(Cl)c2)n1. The van der Waals surface area contributed by atoms with Crippen molar-refractivity contribution in [3.05, 3.63) is 34.9 Å². The Balaban J connectivity index is 1.89. The Hall–Kier alpha value is -1.50. The first-order valence-corrected chi connectivity index (χ1v) is 6.72. The molecule has 1 unspecified atom stereocenters. The van der Waals surface area contributed by atoms with Crippen LogP contribution in [0, 0.1) is 5.82 Å². The fourth-order valence-electron chi connectivity index (χ4n) is 2.26. The number of piperazine rings is 1. The molecule has 1 aromatic heterocycles. The van der Waals surface area contributed by atoms with Gasteiger partial charge in [-0.2, -0.15) is 4.98 Å². The molecular formula is C13H14ClFN4O. The normalized spacial score (nSPS) is 20.2. The van der Waals surface area contributed by atoms with Gasteiger partial charge in [-0.3, -0.25) is 4.90 Å². The van der Waals surface area contributed by atoms with Crippen LogP contribution in [0.1, 0.15) is 11.9 Å². The zero-order valence-corrected chi connectivity index (χ0v) is 11.7. The van der Waals surface area contributed by atoms with Crippen molar-refractivity contribution in [2.24, 2.45) is 0 Å². The molecule has 1 aliphatic rings. The number of rotatable bonds is 2. The molecule has 1 saturated heterocycles. The van der Waals surface area contributed by atoms with E-state index in [0.717, 1.165) is 19.6 Å². The van der Waals surface area contributed by atoms with Gasteiger partial charge in [0.05, 0.1) is 6.04 Å². The van der Waals surface area contributed by atoms with Crippen molar-refractivity contribution in [3.63, 3.8) is 0 Å². The third-order valence-corrected chi connectivity index (χ3v) is 3.58. The van der Waals surface area contributed by atoms with E-state index < -0.39 is 5.82 Å². The monoisotopic (exact) mass is 296 g/mol. The quantitative estimate of drug-likeness (QED) is 0.920. The molecule has 106 valence electrons. The molecule has 0 aliphatic carbocycles. The van der Waals surface area contributed by atoms with Crippen LogP contribution in [0.4, 0.5) is 4.39 Å². The summed E-state index contributed by atoms with van der Waals surface area (Å²) in [5.41, 5.74) is 0.486. The molecule has 0 bridgehead atoms. The molecule has 5 nitrogen and oxygen atoms in total. The van der Waals surface area contributed by atoms with Gasteiger partial charge in [0, 0.05) is 30.2 Å². The maximum Gasteiger partial charge on any atom is 0.258 e. The predicted octanol–water partition coefficient (Wildman–Crippen LogP) is 2.11. The fourth-order valence-corrected chi connectivity index (χ4v) is 2.48. The van der Waals surface area contributed by atoms with Gasteiger partial charge < -0.3 is 9.84 Å². The third kappa shape index (κ3) is 2.67. The van der Waals surface area contributed by atoms with Crippen LogP contribution in [0.25, 0.3) is 11.5 Å². The lowest BCUT2D eigenvalue weighted by Crippen LogP contribution is -2.44. The molecule has 7 heteroatoms. The second-order valence-corrected chi connectivity index (χ2v) is 5.25. The highest BCUT2D eigenvalue weighted by Crippen LogP contribution is 2.25. The van der Waals surface area contributed by atoms with E-state index in [1.165, 1.54) is 12.1 Å². The molecule has 0 amide bonds. The lowest BCUT2D eigenvalue weighted by molar-refractivity contribution is 0.190. The van der Waals surface area contributed by atoms with Crippen molar-refractivity contribution >= 4 is 11.6 Å². The standard InChI is InChI=1S/C13H14ClFN4O/c1-19-3-2-16-7-11(19)12-17-13(20-18-12)8-4-9(14)6-10(15)5-8/h4-6,11,16H,2-3,7H2,1H3. The van der Waals surface area contributed by atoms with Crippen molar-refractivity contribution in [1.82, 2.24) is 20.4 Å². The number of nitrogens with zero attached hydrogens (tertiary/aromatic N) is 3. The average molecular weight is 297 g/mol. The number of hydrogen-bond donors (Lipinski definition) is 1. The van der Waals surface area contributed by atoms with Gasteiger partial charge in [0.2, 0.25) is 0 Å². The van der Waals surface area contributed by atoms with Gasteiger partial charge in [0.25, 0.3) is 5.89 Å². The van der Waals surface area contributed by atoms with Gasteiger partial charge in [-0.05, 0) is 25.2 Å². The van der Waals surface area contributed by atoms with E-state index >= 15 is 0 Å². The Morgan fingerprint density at radius 1 is 1.45 bits per heavy atom. The minimum Gasteiger partial charge on any atom is -0.334 e. The molecule has 20 heavy (non-hydrogen) atoms. The van der Waals surface area contributed by atoms with Crippen LogP contribution in [-0.4, -0.2) is 41.7 Å². The summed E-state index contributed by atoms with van der Waals surface area (Å²) in [5, 5.41) is 7.58. The molecule has 1 aliphatic heterocycles. The van der Waals surface area contributed by atoms with Crippen LogP contribution in [-0.2, 0) is 0 Å². The van der Waals surface area contributed by atoms with Gasteiger partial charge >= 0.3 is 0 Å². The molecule has 1 atom stereocenters. The summed E-state index contributed by atoms with van der Waals surface area (Å²) < 4.78 is 18.6. The zero-order chi connectivity index (χ0) is 14.1. The van der Waals surface area contributed by atoms with Crippen molar-refractivity contribution in [2.75, 3.05) is 26.7 Å². The Morgan fingerprint density at radius 3 is 3.05 bits per heavy atom. The average Bonchev–Trinajstić information content (AvgIpc) is 2.87. The second-order valence-electron chi connectivity index (χ2n) is 4.82. The summed E-state index contributed by atoms with van der Waals surface area (Å²) in [4.78, 5) is 6.51. The number of nitrogens with one attached hydrogen (secondary N) is 1. The van der Waals surface area contributed by atoms with Crippen LogP contribution in [0.3, 0.4) is 0 Å². The molecule has 1 N–H and O–H groups in total. The molecule has 3 rings (SSSR count). The molecule has 2 heterocycles. The van der Waals surface area contributed by atoms with Gasteiger partial charge in [0.1, 0.15) is 5.82 Å². The van der Waals surface area contributed by atoms with Crippen LogP contribution >= 0.6 is 11.6 Å². The van der Waals surface area contributed by atoms with Gasteiger partial charge in [0.15, 0.2) is 5.82 Å². The summed E-state index contributed by atoms with van der Waals surface area (Å²) >= 11 is 5.83. The molecular weight excluding hydrogens is 283 g/mol. The summed E-state index contributed by atoms with van der Waals surface area (Å²) in [6.07, 6.45) is 0. The summed E-state index contributed by atoms with van der Waals surface area (Å²) in [6.45, 7) is 2.62. The van der Waals surface area contributed by atoms with Crippen LogP contribution in [0.2, 0.25) is 5.02 Å². The Morgan fingerprint density at radius 2 is 2.30 bits per heavy atom. The third-order valence-electron chi connectivity index (χ3n) is 3.36. The fraction of sp³-hybridized carbons (Fsp3) is 0.385. The zero-order valence-electron chi connectivity index (χ0n) is 10.9.